The van der Waals surface area contributed by atoms with Crippen molar-refractivity contribution in [2.75, 3.05) is 13.1 Å². The maximum atomic E-state index is 3.42. The van der Waals surface area contributed by atoms with Gasteiger partial charge in [0.25, 0.3) is 0 Å². The van der Waals surface area contributed by atoms with Crippen molar-refractivity contribution in [2.24, 2.45) is 0 Å². The van der Waals surface area contributed by atoms with Crippen molar-refractivity contribution in [3.05, 3.63) is 42.1 Å². The van der Waals surface area contributed by atoms with Crippen LogP contribution in [0.2, 0.25) is 0 Å². The number of H-pyrrole nitrogens is 1. The molecule has 1 aromatic carbocycles. The second-order valence-electron chi connectivity index (χ2n) is 4.27. The van der Waals surface area contributed by atoms with Crippen molar-refractivity contribution in [3.8, 4) is 0 Å². The van der Waals surface area contributed by atoms with Crippen LogP contribution in [0.3, 0.4) is 0 Å². The lowest BCUT2D eigenvalue weighted by atomic mass is 10.0. The molecule has 2 aromatic rings. The molecule has 0 unspecified atom stereocenters. The number of para-hydroxylation sites is 1. The minimum Gasteiger partial charge on any atom is -0.361 e. The molecule has 3 heteroatoms. The Morgan fingerprint density at radius 1 is 1.06 bits per heavy atom. The SMILES string of the molecule is C1=C(c2c[nH]c3ccccc23)CCNCC1.Cl. The van der Waals surface area contributed by atoms with E-state index < -0.39 is 0 Å². The maximum absolute atomic E-state index is 3.42. The minimum absolute atomic E-state index is 0. The van der Waals surface area contributed by atoms with Gasteiger partial charge >= 0.3 is 0 Å². The molecule has 90 valence electrons. The third-order valence-electron chi connectivity index (χ3n) is 3.22. The Hall–Kier alpha value is -1.25. The first-order chi connectivity index (χ1) is 7.95. The maximum Gasteiger partial charge on any atom is 0.0460 e. The van der Waals surface area contributed by atoms with Crippen LogP contribution < -0.4 is 5.32 Å². The molecule has 0 spiro atoms. The summed E-state index contributed by atoms with van der Waals surface area (Å²) in [4.78, 5) is 3.34. The number of aromatic nitrogens is 1. The molecular weight excluding hydrogens is 232 g/mol. The molecule has 2 nitrogen and oxygen atoms in total. The largest absolute Gasteiger partial charge is 0.361 e. The lowest BCUT2D eigenvalue weighted by molar-refractivity contribution is 0.718. The second-order valence-corrected chi connectivity index (χ2v) is 4.27. The summed E-state index contributed by atoms with van der Waals surface area (Å²) in [7, 11) is 0. The van der Waals surface area contributed by atoms with Crippen molar-refractivity contribution >= 4 is 28.9 Å². The molecule has 2 heterocycles. The van der Waals surface area contributed by atoms with Crippen LogP contribution in [0, 0.1) is 0 Å². The molecule has 17 heavy (non-hydrogen) atoms. The first-order valence-electron chi connectivity index (χ1n) is 5.91. The number of halogens is 1. The van der Waals surface area contributed by atoms with E-state index in [1.165, 1.54) is 22.0 Å². The molecule has 2 N–H and O–H groups in total. The highest BCUT2D eigenvalue weighted by molar-refractivity contribution is 5.92. The second kappa shape index (κ2) is 5.39. The van der Waals surface area contributed by atoms with Crippen LogP contribution in [0.1, 0.15) is 18.4 Å². The fraction of sp³-hybridized carbons (Fsp3) is 0.286. The molecule has 1 aromatic heterocycles. The van der Waals surface area contributed by atoms with Gasteiger partial charge in [-0.25, -0.2) is 0 Å². The predicted octanol–water partition coefficient (Wildman–Crippen LogP) is 3.36. The van der Waals surface area contributed by atoms with Crippen LogP contribution in [0.25, 0.3) is 16.5 Å². The third-order valence-corrected chi connectivity index (χ3v) is 3.22. The Kier molecular flexibility index (Phi) is 3.87. The monoisotopic (exact) mass is 248 g/mol. The molecule has 0 saturated carbocycles. The summed E-state index contributed by atoms with van der Waals surface area (Å²) in [6.07, 6.45) is 6.77. The highest BCUT2D eigenvalue weighted by Crippen LogP contribution is 2.27. The van der Waals surface area contributed by atoms with Gasteiger partial charge in [0.15, 0.2) is 0 Å². The zero-order valence-corrected chi connectivity index (χ0v) is 10.5. The molecule has 1 aliphatic rings. The van der Waals surface area contributed by atoms with Crippen molar-refractivity contribution in [3.63, 3.8) is 0 Å². The van der Waals surface area contributed by atoms with Crippen LogP contribution in [0.15, 0.2) is 36.5 Å². The van der Waals surface area contributed by atoms with E-state index >= 15 is 0 Å². The smallest absolute Gasteiger partial charge is 0.0460 e. The highest BCUT2D eigenvalue weighted by Gasteiger charge is 2.09. The zero-order valence-electron chi connectivity index (χ0n) is 9.70. The van der Waals surface area contributed by atoms with E-state index in [0.717, 1.165) is 25.9 Å². The van der Waals surface area contributed by atoms with Crippen molar-refractivity contribution in [1.82, 2.24) is 10.3 Å². The van der Waals surface area contributed by atoms with Crippen LogP contribution in [0.5, 0.6) is 0 Å². The Labute approximate surface area is 108 Å². The van der Waals surface area contributed by atoms with Gasteiger partial charge in [0.2, 0.25) is 0 Å². The molecule has 0 fully saturated rings. The Bertz CT molecular complexity index is 528. The van der Waals surface area contributed by atoms with Gasteiger partial charge in [-0.3, -0.25) is 0 Å². The van der Waals surface area contributed by atoms with Crippen LogP contribution in [0.4, 0.5) is 0 Å². The number of nitrogens with one attached hydrogen (secondary N) is 2. The summed E-state index contributed by atoms with van der Waals surface area (Å²) in [5.41, 5.74) is 4.08. The van der Waals surface area contributed by atoms with E-state index in [1.54, 1.807) is 0 Å². The molecule has 3 rings (SSSR count). The van der Waals surface area contributed by atoms with Gasteiger partial charge in [-0.2, -0.15) is 0 Å². The van der Waals surface area contributed by atoms with Gasteiger partial charge in [-0.05, 0) is 37.6 Å². The molecule has 0 aliphatic carbocycles. The summed E-state index contributed by atoms with van der Waals surface area (Å²) >= 11 is 0. The standard InChI is InChI=1S/C14H16N2.ClH/c1-2-6-14-12(5-1)13(10-16-14)11-4-3-8-15-9-7-11;/h1-2,4-6,10,15-16H,3,7-9H2;1H. The first kappa shape index (κ1) is 12.2. The topological polar surface area (TPSA) is 27.8 Å². The predicted molar refractivity (Wildman–Crippen MR) is 75.6 cm³/mol. The van der Waals surface area contributed by atoms with E-state index in [-0.39, 0.29) is 12.4 Å². The molecule has 0 bridgehead atoms. The fourth-order valence-electron chi connectivity index (χ4n) is 2.38. The molecule has 1 aliphatic heterocycles. The Morgan fingerprint density at radius 2 is 1.94 bits per heavy atom. The van der Waals surface area contributed by atoms with Gasteiger partial charge < -0.3 is 10.3 Å². The van der Waals surface area contributed by atoms with Crippen LogP contribution in [-0.4, -0.2) is 18.1 Å². The molecular formula is C14H17ClN2. The highest BCUT2D eigenvalue weighted by atomic mass is 35.5. The number of fused-ring (bicyclic) bond motifs is 1. The van der Waals surface area contributed by atoms with E-state index in [4.69, 9.17) is 0 Å². The number of hydrogen-bond donors (Lipinski definition) is 2. The molecule has 0 amide bonds. The minimum atomic E-state index is 0. The first-order valence-corrected chi connectivity index (χ1v) is 5.91. The van der Waals surface area contributed by atoms with Gasteiger partial charge in [-0.1, -0.05) is 24.3 Å². The van der Waals surface area contributed by atoms with E-state index in [9.17, 15) is 0 Å². The Morgan fingerprint density at radius 3 is 2.88 bits per heavy atom. The molecule has 0 radical (unpaired) electrons. The normalized spacial score (nSPS) is 16.1. The average Bonchev–Trinajstić information content (AvgIpc) is 2.57. The van der Waals surface area contributed by atoms with Gasteiger partial charge in [0.1, 0.15) is 0 Å². The molecule has 0 saturated heterocycles. The number of aromatic amines is 1. The zero-order chi connectivity index (χ0) is 10.8. The van der Waals surface area contributed by atoms with Crippen molar-refractivity contribution in [1.29, 1.82) is 0 Å². The number of benzene rings is 1. The average molecular weight is 249 g/mol. The molecule has 0 atom stereocenters. The quantitative estimate of drug-likeness (QED) is 0.796. The summed E-state index contributed by atoms with van der Waals surface area (Å²) in [6.45, 7) is 2.19. The van der Waals surface area contributed by atoms with E-state index in [1.807, 2.05) is 0 Å². The lowest BCUT2D eigenvalue weighted by Crippen LogP contribution is -2.13. The van der Waals surface area contributed by atoms with Gasteiger partial charge in [-0.15, -0.1) is 12.4 Å². The van der Waals surface area contributed by atoms with Crippen LogP contribution in [-0.2, 0) is 0 Å². The Balaban J connectivity index is 0.00000108. The number of hydrogen-bond acceptors (Lipinski definition) is 1. The summed E-state index contributed by atoms with van der Waals surface area (Å²) in [6, 6.07) is 8.51. The fourth-order valence-corrected chi connectivity index (χ4v) is 2.38. The van der Waals surface area contributed by atoms with Crippen molar-refractivity contribution in [2.45, 2.75) is 12.8 Å². The van der Waals surface area contributed by atoms with Crippen molar-refractivity contribution < 1.29 is 0 Å². The van der Waals surface area contributed by atoms with E-state index in [2.05, 4.69) is 46.8 Å². The van der Waals surface area contributed by atoms with Gasteiger partial charge in [0, 0.05) is 22.7 Å². The lowest BCUT2D eigenvalue weighted by Gasteiger charge is -2.03. The van der Waals surface area contributed by atoms with Crippen LogP contribution >= 0.6 is 12.4 Å². The van der Waals surface area contributed by atoms with Gasteiger partial charge in [0.05, 0.1) is 0 Å². The van der Waals surface area contributed by atoms with E-state index in [0.29, 0.717) is 0 Å². The summed E-state index contributed by atoms with van der Waals surface area (Å²) in [5.74, 6) is 0. The number of rotatable bonds is 1. The summed E-state index contributed by atoms with van der Waals surface area (Å²) in [5, 5.41) is 4.77. The summed E-state index contributed by atoms with van der Waals surface area (Å²) < 4.78 is 0. The third kappa shape index (κ3) is 2.38.